The predicted molar refractivity (Wildman–Crippen MR) is 93.7 cm³/mol. The highest BCUT2D eigenvalue weighted by Crippen LogP contribution is 2.28. The smallest absolute Gasteiger partial charge is 0.255 e. The number of piperidine rings is 1. The fourth-order valence-electron chi connectivity index (χ4n) is 3.14. The number of halogens is 2. The highest BCUT2D eigenvalue weighted by atomic mass is 19.3. The summed E-state index contributed by atoms with van der Waals surface area (Å²) in [7, 11) is 0. The highest BCUT2D eigenvalue weighted by Gasteiger charge is 2.35. The van der Waals surface area contributed by atoms with Crippen LogP contribution in [0.4, 0.5) is 8.78 Å². The van der Waals surface area contributed by atoms with Gasteiger partial charge in [0.05, 0.1) is 11.1 Å². The van der Waals surface area contributed by atoms with E-state index in [0.29, 0.717) is 22.6 Å². The van der Waals surface area contributed by atoms with Crippen molar-refractivity contribution in [2.24, 2.45) is 0 Å². The van der Waals surface area contributed by atoms with Crippen molar-refractivity contribution in [1.29, 1.82) is 5.26 Å². The van der Waals surface area contributed by atoms with Crippen LogP contribution < -0.4 is 0 Å². The number of rotatable bonds is 2. The number of nitriles is 1. The van der Waals surface area contributed by atoms with Crippen molar-refractivity contribution < 1.29 is 13.6 Å². The van der Waals surface area contributed by atoms with E-state index in [0.717, 1.165) is 5.39 Å². The minimum Gasteiger partial charge on any atom is -0.338 e. The average Bonchev–Trinajstić information content (AvgIpc) is 3.10. The molecule has 3 aromatic heterocycles. The zero-order valence-corrected chi connectivity index (χ0v) is 14.3. The van der Waals surface area contributed by atoms with Gasteiger partial charge in [-0.05, 0) is 24.3 Å². The van der Waals surface area contributed by atoms with E-state index in [1.165, 1.54) is 17.3 Å². The Hall–Kier alpha value is -3.34. The molecule has 1 aliphatic heterocycles. The van der Waals surface area contributed by atoms with Crippen LogP contribution in [0.3, 0.4) is 0 Å². The van der Waals surface area contributed by atoms with Gasteiger partial charge in [-0.2, -0.15) is 5.26 Å². The molecule has 4 rings (SSSR count). The van der Waals surface area contributed by atoms with Crippen LogP contribution in [0.15, 0.2) is 42.9 Å². The second-order valence-corrected chi connectivity index (χ2v) is 6.49. The zero-order valence-electron chi connectivity index (χ0n) is 14.3. The Morgan fingerprint density at radius 1 is 1.15 bits per heavy atom. The Morgan fingerprint density at radius 3 is 2.59 bits per heavy atom. The standard InChI is InChI=1S/C19H15F2N5O/c20-19(21)4-7-25(8-5-19)18(27)15-9-14-3-6-26(17(14)24-12-15)16-2-1-13(10-22)11-23-16/h1-3,6,9,11-12H,4-5,7-8H2. The van der Waals surface area contributed by atoms with Crippen molar-refractivity contribution in [3.8, 4) is 11.9 Å². The summed E-state index contributed by atoms with van der Waals surface area (Å²) < 4.78 is 28.3. The minimum absolute atomic E-state index is 0.0417. The number of nitrogens with zero attached hydrogens (tertiary/aromatic N) is 5. The molecule has 4 heterocycles. The summed E-state index contributed by atoms with van der Waals surface area (Å²) in [6.07, 6.45) is 4.09. The lowest BCUT2D eigenvalue weighted by molar-refractivity contribution is -0.0494. The van der Waals surface area contributed by atoms with Crippen LogP contribution in [0.5, 0.6) is 0 Å². The molecule has 0 unspecified atom stereocenters. The van der Waals surface area contributed by atoms with Crippen LogP contribution in [-0.4, -0.2) is 44.4 Å². The number of hydrogen-bond acceptors (Lipinski definition) is 4. The summed E-state index contributed by atoms with van der Waals surface area (Å²) in [6.45, 7) is 0.0834. The first-order chi connectivity index (χ1) is 13.0. The van der Waals surface area contributed by atoms with E-state index < -0.39 is 5.92 Å². The molecule has 0 spiro atoms. The number of carbonyl (C=O) groups is 1. The highest BCUT2D eigenvalue weighted by molar-refractivity contribution is 5.97. The minimum atomic E-state index is -2.69. The van der Waals surface area contributed by atoms with E-state index in [1.54, 1.807) is 29.0 Å². The summed E-state index contributed by atoms with van der Waals surface area (Å²) in [5.74, 6) is -2.37. The van der Waals surface area contributed by atoms with Gasteiger partial charge in [-0.25, -0.2) is 18.7 Å². The van der Waals surface area contributed by atoms with Crippen molar-refractivity contribution in [2.75, 3.05) is 13.1 Å². The Morgan fingerprint density at radius 2 is 1.93 bits per heavy atom. The van der Waals surface area contributed by atoms with Crippen LogP contribution >= 0.6 is 0 Å². The SMILES string of the molecule is N#Cc1ccc(-n2ccc3cc(C(=O)N4CCC(F)(F)CC4)cnc32)nc1. The Balaban J connectivity index is 1.60. The van der Waals surface area contributed by atoms with Gasteiger partial charge in [0.15, 0.2) is 0 Å². The van der Waals surface area contributed by atoms with Gasteiger partial charge in [0.25, 0.3) is 11.8 Å². The van der Waals surface area contributed by atoms with E-state index in [-0.39, 0.29) is 31.8 Å². The Kier molecular flexibility index (Phi) is 4.07. The Bertz CT molecular complexity index is 1040. The summed E-state index contributed by atoms with van der Waals surface area (Å²) in [6, 6.07) is 8.91. The van der Waals surface area contributed by atoms with Gasteiger partial charge in [-0.1, -0.05) is 0 Å². The van der Waals surface area contributed by atoms with Gasteiger partial charge >= 0.3 is 0 Å². The molecular weight excluding hydrogens is 352 g/mol. The molecule has 0 bridgehead atoms. The van der Waals surface area contributed by atoms with Crippen molar-refractivity contribution in [1.82, 2.24) is 19.4 Å². The molecule has 3 aromatic rings. The van der Waals surface area contributed by atoms with Crippen LogP contribution in [-0.2, 0) is 0 Å². The number of likely N-dealkylation sites (tertiary alicyclic amines) is 1. The van der Waals surface area contributed by atoms with Gasteiger partial charge in [-0.3, -0.25) is 9.36 Å². The Labute approximate surface area is 153 Å². The fraction of sp³-hybridized carbons (Fsp3) is 0.263. The summed E-state index contributed by atoms with van der Waals surface area (Å²) in [5.41, 5.74) is 1.45. The molecular formula is C19H15F2N5O. The van der Waals surface area contributed by atoms with Crippen LogP contribution in [0, 0.1) is 11.3 Å². The molecule has 0 N–H and O–H groups in total. The van der Waals surface area contributed by atoms with Gasteiger partial charge < -0.3 is 4.90 Å². The predicted octanol–water partition coefficient (Wildman–Crippen LogP) is 3.16. The first-order valence-corrected chi connectivity index (χ1v) is 8.48. The lowest BCUT2D eigenvalue weighted by Gasteiger charge is -2.31. The summed E-state index contributed by atoms with van der Waals surface area (Å²) in [4.78, 5) is 22.6. The van der Waals surface area contributed by atoms with Gasteiger partial charge in [0, 0.05) is 49.9 Å². The maximum absolute atomic E-state index is 13.3. The lowest BCUT2D eigenvalue weighted by Crippen LogP contribution is -2.42. The maximum atomic E-state index is 13.3. The maximum Gasteiger partial charge on any atom is 0.255 e. The third kappa shape index (κ3) is 3.24. The summed E-state index contributed by atoms with van der Waals surface area (Å²) in [5, 5.41) is 9.61. The molecule has 1 aliphatic rings. The van der Waals surface area contributed by atoms with Gasteiger partial charge in [-0.15, -0.1) is 0 Å². The second-order valence-electron chi connectivity index (χ2n) is 6.49. The normalized spacial score (nSPS) is 16.3. The number of aromatic nitrogens is 3. The quantitative estimate of drug-likeness (QED) is 0.697. The first kappa shape index (κ1) is 17.1. The van der Waals surface area contributed by atoms with Gasteiger partial charge in [0.1, 0.15) is 17.5 Å². The molecule has 0 radical (unpaired) electrons. The van der Waals surface area contributed by atoms with E-state index >= 15 is 0 Å². The number of hydrogen-bond donors (Lipinski definition) is 0. The number of alkyl halides is 2. The van der Waals surface area contributed by atoms with Crippen LogP contribution in [0.1, 0.15) is 28.8 Å². The molecule has 0 aliphatic carbocycles. The molecule has 1 saturated heterocycles. The first-order valence-electron chi connectivity index (χ1n) is 8.48. The number of amides is 1. The van der Waals surface area contributed by atoms with Crippen LogP contribution in [0.2, 0.25) is 0 Å². The molecule has 1 amide bonds. The van der Waals surface area contributed by atoms with Crippen LogP contribution in [0.25, 0.3) is 16.9 Å². The summed E-state index contributed by atoms with van der Waals surface area (Å²) >= 11 is 0. The molecule has 0 saturated carbocycles. The fourth-order valence-corrected chi connectivity index (χ4v) is 3.14. The number of pyridine rings is 2. The van der Waals surface area contributed by atoms with E-state index in [2.05, 4.69) is 9.97 Å². The molecule has 1 fully saturated rings. The van der Waals surface area contributed by atoms with Crippen molar-refractivity contribution in [2.45, 2.75) is 18.8 Å². The largest absolute Gasteiger partial charge is 0.338 e. The molecule has 8 heteroatoms. The molecule has 136 valence electrons. The number of carbonyl (C=O) groups excluding carboxylic acids is 1. The topological polar surface area (TPSA) is 74.8 Å². The third-order valence-electron chi connectivity index (χ3n) is 4.68. The lowest BCUT2D eigenvalue weighted by atomic mass is 10.1. The number of fused-ring (bicyclic) bond motifs is 1. The zero-order chi connectivity index (χ0) is 19.0. The van der Waals surface area contributed by atoms with Crippen molar-refractivity contribution >= 4 is 16.9 Å². The molecule has 0 atom stereocenters. The molecule has 0 aromatic carbocycles. The van der Waals surface area contributed by atoms with E-state index in [9.17, 15) is 13.6 Å². The van der Waals surface area contributed by atoms with E-state index in [4.69, 9.17) is 5.26 Å². The monoisotopic (exact) mass is 367 g/mol. The molecule has 27 heavy (non-hydrogen) atoms. The van der Waals surface area contributed by atoms with Crippen molar-refractivity contribution in [3.63, 3.8) is 0 Å². The average molecular weight is 367 g/mol. The van der Waals surface area contributed by atoms with Crippen molar-refractivity contribution in [3.05, 3.63) is 54.0 Å². The van der Waals surface area contributed by atoms with Gasteiger partial charge in [0.2, 0.25) is 0 Å². The van der Waals surface area contributed by atoms with E-state index in [1.807, 2.05) is 12.1 Å². The third-order valence-corrected chi connectivity index (χ3v) is 4.68. The second kappa shape index (κ2) is 6.43. The molecule has 6 nitrogen and oxygen atoms in total.